The van der Waals surface area contributed by atoms with Crippen molar-refractivity contribution in [1.82, 2.24) is 0 Å². The number of carboxylic acids is 1. The number of anilines is 1. The lowest BCUT2D eigenvalue weighted by Crippen LogP contribution is -2.38. The van der Waals surface area contributed by atoms with E-state index in [1.165, 1.54) is 10.4 Å². The zero-order chi connectivity index (χ0) is 13.3. The van der Waals surface area contributed by atoms with E-state index in [2.05, 4.69) is 0 Å². The first-order valence-electron chi connectivity index (χ1n) is 5.06. The number of aromatic carboxylic acids is 1. The van der Waals surface area contributed by atoms with E-state index < -0.39 is 28.1 Å². The minimum atomic E-state index is -3.13. The Bertz CT molecular complexity index is 481. The van der Waals surface area contributed by atoms with E-state index in [9.17, 15) is 18.3 Å². The zero-order valence-corrected chi connectivity index (χ0v) is 10.1. The number of ether oxygens (including phenoxy) is 1. The summed E-state index contributed by atoms with van der Waals surface area (Å²) >= 11 is 0. The molecule has 3 N–H and O–H groups in total. The number of benzene rings is 1. The van der Waals surface area contributed by atoms with Crippen molar-refractivity contribution in [3.63, 3.8) is 0 Å². The molecule has 1 saturated heterocycles. The van der Waals surface area contributed by atoms with E-state index in [4.69, 9.17) is 9.84 Å². The van der Waals surface area contributed by atoms with Gasteiger partial charge in [-0.25, -0.2) is 9.18 Å². The molecule has 1 heterocycles. The van der Waals surface area contributed by atoms with E-state index in [-0.39, 0.29) is 24.8 Å². The highest BCUT2D eigenvalue weighted by atomic mass is 32.3. The van der Waals surface area contributed by atoms with Gasteiger partial charge in [0.25, 0.3) is 0 Å². The summed E-state index contributed by atoms with van der Waals surface area (Å²) in [5, 5.41) is 8.70. The summed E-state index contributed by atoms with van der Waals surface area (Å²) in [7, 11) is -3.13. The van der Waals surface area contributed by atoms with Crippen LogP contribution in [0.4, 0.5) is 10.1 Å². The minimum absolute atomic E-state index is 0.203. The number of hydrogen-bond acceptors (Lipinski definition) is 5. The summed E-state index contributed by atoms with van der Waals surface area (Å²) in [5.74, 6) is -2.52. The second-order valence-electron chi connectivity index (χ2n) is 3.73. The molecule has 0 aromatic heterocycles. The SMILES string of the molecule is O=C(O)c1ccc(N2CCOCS2(O)O)cc1F. The van der Waals surface area contributed by atoms with Gasteiger partial charge < -0.3 is 9.84 Å². The van der Waals surface area contributed by atoms with Crippen LogP contribution in [-0.4, -0.2) is 39.3 Å². The van der Waals surface area contributed by atoms with Crippen molar-refractivity contribution in [2.45, 2.75) is 0 Å². The molecule has 6 nitrogen and oxygen atoms in total. The average Bonchev–Trinajstić information content (AvgIpc) is 2.27. The Morgan fingerprint density at radius 3 is 2.72 bits per heavy atom. The summed E-state index contributed by atoms with van der Waals surface area (Å²) in [5.41, 5.74) is -0.232. The molecule has 0 unspecified atom stereocenters. The molecule has 0 atom stereocenters. The minimum Gasteiger partial charge on any atom is -0.478 e. The van der Waals surface area contributed by atoms with Gasteiger partial charge in [-0.3, -0.25) is 13.4 Å². The summed E-state index contributed by atoms with van der Waals surface area (Å²) in [6.07, 6.45) is 0. The second-order valence-corrected chi connectivity index (χ2v) is 5.67. The van der Waals surface area contributed by atoms with Crippen LogP contribution in [0.2, 0.25) is 0 Å². The number of carbonyl (C=O) groups is 1. The van der Waals surface area contributed by atoms with Gasteiger partial charge in [-0.1, -0.05) is 10.8 Å². The van der Waals surface area contributed by atoms with E-state index in [1.807, 2.05) is 0 Å². The Labute approximate surface area is 104 Å². The molecular weight excluding hydrogens is 265 g/mol. The molecule has 1 aromatic carbocycles. The highest BCUT2D eigenvalue weighted by Crippen LogP contribution is 2.47. The molecule has 18 heavy (non-hydrogen) atoms. The van der Waals surface area contributed by atoms with Crippen molar-refractivity contribution in [3.8, 4) is 0 Å². The van der Waals surface area contributed by atoms with Crippen LogP contribution in [0.1, 0.15) is 10.4 Å². The first kappa shape index (κ1) is 13.1. The van der Waals surface area contributed by atoms with Gasteiger partial charge >= 0.3 is 5.97 Å². The van der Waals surface area contributed by atoms with Crippen molar-refractivity contribution >= 4 is 22.4 Å². The fourth-order valence-electron chi connectivity index (χ4n) is 1.66. The normalized spacial score (nSPS) is 20.5. The van der Waals surface area contributed by atoms with Gasteiger partial charge in [-0.05, 0) is 18.2 Å². The lowest BCUT2D eigenvalue weighted by Gasteiger charge is -2.46. The molecule has 8 heteroatoms. The largest absolute Gasteiger partial charge is 0.478 e. The fraction of sp³-hybridized carbons (Fsp3) is 0.300. The molecule has 1 fully saturated rings. The van der Waals surface area contributed by atoms with Crippen LogP contribution in [0.15, 0.2) is 18.2 Å². The Hall–Kier alpha value is -1.35. The molecule has 0 aliphatic carbocycles. The third-order valence-corrected chi connectivity index (χ3v) is 4.09. The topological polar surface area (TPSA) is 90.2 Å². The molecule has 0 saturated carbocycles. The van der Waals surface area contributed by atoms with E-state index >= 15 is 0 Å². The molecular formula is C10H12FNO5S. The molecule has 1 aliphatic rings. The van der Waals surface area contributed by atoms with E-state index in [1.54, 1.807) is 0 Å². The van der Waals surface area contributed by atoms with Gasteiger partial charge in [0.2, 0.25) is 0 Å². The summed E-state index contributed by atoms with van der Waals surface area (Å²) in [4.78, 5) is 10.7. The average molecular weight is 277 g/mol. The molecule has 1 aliphatic heterocycles. The van der Waals surface area contributed by atoms with Crippen molar-refractivity contribution in [3.05, 3.63) is 29.6 Å². The zero-order valence-electron chi connectivity index (χ0n) is 9.24. The fourth-order valence-corrected chi connectivity index (χ4v) is 2.95. The summed E-state index contributed by atoms with van der Waals surface area (Å²) in [6.45, 7) is 0.492. The third-order valence-electron chi connectivity index (χ3n) is 2.50. The number of rotatable bonds is 2. The highest BCUT2D eigenvalue weighted by Gasteiger charge is 2.28. The maximum absolute atomic E-state index is 13.5. The number of nitrogens with zero attached hydrogens (tertiary/aromatic N) is 1. The first-order valence-corrected chi connectivity index (χ1v) is 6.73. The smallest absolute Gasteiger partial charge is 0.338 e. The second kappa shape index (κ2) is 4.73. The van der Waals surface area contributed by atoms with Crippen LogP contribution in [0.25, 0.3) is 0 Å². The van der Waals surface area contributed by atoms with Gasteiger partial charge in [0, 0.05) is 0 Å². The molecule has 100 valence electrons. The first-order chi connectivity index (χ1) is 8.42. The Morgan fingerprint density at radius 2 is 2.17 bits per heavy atom. The van der Waals surface area contributed by atoms with Crippen molar-refractivity contribution in [2.24, 2.45) is 0 Å². The van der Waals surface area contributed by atoms with Gasteiger partial charge in [0.15, 0.2) is 5.94 Å². The quantitative estimate of drug-likeness (QED) is 0.766. The molecule has 0 spiro atoms. The lowest BCUT2D eigenvalue weighted by atomic mass is 10.2. The number of carboxylic acid groups (broad SMARTS) is 1. The Morgan fingerprint density at radius 1 is 1.44 bits per heavy atom. The standard InChI is InChI=1S/C10H12FNO5S/c11-9-5-7(1-2-8(9)10(13)14)12-3-4-17-6-18(12,15)16/h1-2,5,15-16H,3-4,6H2,(H,13,14). The van der Waals surface area contributed by atoms with Crippen molar-refractivity contribution < 1.29 is 28.1 Å². The van der Waals surface area contributed by atoms with Crippen LogP contribution in [-0.2, 0) is 4.74 Å². The highest BCUT2D eigenvalue weighted by molar-refractivity contribution is 8.25. The molecule has 0 radical (unpaired) electrons. The van der Waals surface area contributed by atoms with Crippen LogP contribution >= 0.6 is 10.8 Å². The van der Waals surface area contributed by atoms with Gasteiger partial charge in [-0.15, -0.1) is 0 Å². The maximum Gasteiger partial charge on any atom is 0.338 e. The van der Waals surface area contributed by atoms with Gasteiger partial charge in [-0.2, -0.15) is 0 Å². The summed E-state index contributed by atoms with van der Waals surface area (Å²) < 4.78 is 39.2. The molecule has 0 amide bonds. The molecule has 2 rings (SSSR count). The Kier molecular flexibility index (Phi) is 3.44. The molecule has 1 aromatic rings. The van der Waals surface area contributed by atoms with E-state index in [0.29, 0.717) is 0 Å². The van der Waals surface area contributed by atoms with Crippen molar-refractivity contribution in [2.75, 3.05) is 23.4 Å². The van der Waals surface area contributed by atoms with Crippen LogP contribution in [0.5, 0.6) is 0 Å². The predicted octanol–water partition coefficient (Wildman–Crippen LogP) is 1.98. The van der Waals surface area contributed by atoms with Crippen LogP contribution in [0, 0.1) is 5.82 Å². The van der Waals surface area contributed by atoms with Gasteiger partial charge in [0.1, 0.15) is 5.82 Å². The van der Waals surface area contributed by atoms with Gasteiger partial charge in [0.05, 0.1) is 24.4 Å². The van der Waals surface area contributed by atoms with Crippen LogP contribution in [0.3, 0.4) is 0 Å². The van der Waals surface area contributed by atoms with E-state index in [0.717, 1.165) is 12.1 Å². The number of halogens is 1. The summed E-state index contributed by atoms with van der Waals surface area (Å²) in [6, 6.07) is 3.41. The number of hydrogen-bond donors (Lipinski definition) is 3. The molecule has 0 bridgehead atoms. The maximum atomic E-state index is 13.5. The lowest BCUT2D eigenvalue weighted by molar-refractivity contribution is 0.0692. The third kappa shape index (κ3) is 2.41. The Balaban J connectivity index is 2.34. The monoisotopic (exact) mass is 277 g/mol. The predicted molar refractivity (Wildman–Crippen MR) is 64.4 cm³/mol. The van der Waals surface area contributed by atoms with Crippen LogP contribution < -0.4 is 4.31 Å². The van der Waals surface area contributed by atoms with Crippen molar-refractivity contribution in [1.29, 1.82) is 0 Å².